The topological polar surface area (TPSA) is 90.8 Å². The van der Waals surface area contributed by atoms with Gasteiger partial charge >= 0.3 is 5.97 Å². The first-order valence-corrected chi connectivity index (χ1v) is 5.63. The Morgan fingerprint density at radius 1 is 1.37 bits per heavy atom. The van der Waals surface area contributed by atoms with Crippen molar-refractivity contribution in [2.45, 2.75) is 13.0 Å². The van der Waals surface area contributed by atoms with E-state index in [1.165, 1.54) is 6.20 Å². The predicted octanol–water partition coefficient (Wildman–Crippen LogP) is 0.777. The van der Waals surface area contributed by atoms with Gasteiger partial charge in [-0.3, -0.25) is 9.78 Å². The molecular weight excluding hydrogens is 244 g/mol. The highest BCUT2D eigenvalue weighted by atomic mass is 16.4. The molecule has 2 aromatic rings. The number of pyridine rings is 1. The van der Waals surface area contributed by atoms with Crippen LogP contribution in [0, 0.1) is 11.3 Å². The summed E-state index contributed by atoms with van der Waals surface area (Å²) < 4.78 is 1.56. The van der Waals surface area contributed by atoms with E-state index in [9.17, 15) is 4.79 Å². The molecule has 0 atom stereocenters. The minimum Gasteiger partial charge on any atom is -0.481 e. The Morgan fingerprint density at radius 3 is 2.74 bits per heavy atom. The molecule has 0 radical (unpaired) electrons. The van der Waals surface area contributed by atoms with Gasteiger partial charge in [0.15, 0.2) is 12.7 Å². The number of aromatic nitrogens is 3. The average Bonchev–Trinajstić information content (AvgIpc) is 2.46. The van der Waals surface area contributed by atoms with Crippen LogP contribution >= 0.6 is 0 Å². The van der Waals surface area contributed by atoms with Crippen LogP contribution in [0.3, 0.4) is 0 Å². The van der Waals surface area contributed by atoms with Crippen molar-refractivity contribution in [1.29, 1.82) is 5.26 Å². The lowest BCUT2D eigenvalue weighted by Crippen LogP contribution is -2.38. The van der Waals surface area contributed by atoms with Gasteiger partial charge < -0.3 is 5.11 Å². The minimum absolute atomic E-state index is 0.0339. The molecule has 94 valence electrons. The molecular formula is C13H11N4O2+. The minimum atomic E-state index is -0.855. The fourth-order valence-corrected chi connectivity index (χ4v) is 1.51. The van der Waals surface area contributed by atoms with Gasteiger partial charge in [0, 0.05) is 17.8 Å². The maximum absolute atomic E-state index is 10.4. The van der Waals surface area contributed by atoms with Crippen LogP contribution in [0.2, 0.25) is 0 Å². The van der Waals surface area contributed by atoms with Crippen LogP contribution in [-0.2, 0) is 11.3 Å². The molecule has 2 aromatic heterocycles. The normalized spacial score (nSPS) is 9.84. The van der Waals surface area contributed by atoms with Gasteiger partial charge in [0.05, 0.1) is 11.3 Å². The van der Waals surface area contributed by atoms with Crippen LogP contribution in [-0.4, -0.2) is 21.2 Å². The van der Waals surface area contributed by atoms with Crippen LogP contribution in [0.1, 0.15) is 12.0 Å². The van der Waals surface area contributed by atoms with Crippen LogP contribution in [0.5, 0.6) is 0 Å². The number of aryl methyl sites for hydroxylation is 1. The average molecular weight is 255 g/mol. The van der Waals surface area contributed by atoms with E-state index in [-0.39, 0.29) is 6.42 Å². The number of carboxylic acid groups (broad SMARTS) is 1. The SMILES string of the molecule is N#Cc1ccc(-c2cc[n+](CCC(=O)O)nc2)nc1. The summed E-state index contributed by atoms with van der Waals surface area (Å²) in [5.74, 6) is -0.855. The lowest BCUT2D eigenvalue weighted by atomic mass is 10.2. The number of carboxylic acids is 1. The molecule has 0 aliphatic carbocycles. The van der Waals surface area contributed by atoms with Crippen molar-refractivity contribution in [1.82, 2.24) is 10.1 Å². The molecule has 0 aromatic carbocycles. The molecule has 2 heterocycles. The van der Waals surface area contributed by atoms with E-state index in [2.05, 4.69) is 10.1 Å². The summed E-state index contributed by atoms with van der Waals surface area (Å²) in [6.45, 7) is 0.330. The molecule has 0 unspecified atom stereocenters. The van der Waals surface area contributed by atoms with E-state index in [1.807, 2.05) is 12.1 Å². The predicted molar refractivity (Wildman–Crippen MR) is 64.6 cm³/mol. The molecule has 0 spiro atoms. The molecule has 6 heteroatoms. The van der Waals surface area contributed by atoms with E-state index in [4.69, 9.17) is 10.4 Å². The summed E-state index contributed by atoms with van der Waals surface area (Å²) in [6.07, 6.45) is 4.86. The van der Waals surface area contributed by atoms with E-state index in [0.717, 1.165) is 11.3 Å². The lowest BCUT2D eigenvalue weighted by Gasteiger charge is -1.98. The summed E-state index contributed by atoms with van der Waals surface area (Å²) >= 11 is 0. The highest BCUT2D eigenvalue weighted by Crippen LogP contribution is 2.13. The zero-order valence-corrected chi connectivity index (χ0v) is 10.0. The first kappa shape index (κ1) is 12.6. The second-order valence-electron chi connectivity index (χ2n) is 3.87. The van der Waals surface area contributed by atoms with Gasteiger partial charge in [-0.1, -0.05) is 4.68 Å². The van der Waals surface area contributed by atoms with Gasteiger partial charge in [-0.2, -0.15) is 5.26 Å². The zero-order chi connectivity index (χ0) is 13.7. The Kier molecular flexibility index (Phi) is 3.78. The van der Waals surface area contributed by atoms with Crippen LogP contribution in [0.4, 0.5) is 0 Å². The van der Waals surface area contributed by atoms with Crippen molar-refractivity contribution in [3.05, 3.63) is 42.4 Å². The zero-order valence-electron chi connectivity index (χ0n) is 10.0. The second kappa shape index (κ2) is 5.69. The lowest BCUT2D eigenvalue weighted by molar-refractivity contribution is -0.752. The summed E-state index contributed by atoms with van der Waals surface area (Å²) in [5, 5.41) is 21.4. The number of rotatable bonds is 4. The molecule has 0 saturated heterocycles. The Labute approximate surface area is 109 Å². The summed E-state index contributed by atoms with van der Waals surface area (Å²) in [7, 11) is 0. The Bertz CT molecular complexity index is 615. The van der Waals surface area contributed by atoms with E-state index in [1.54, 1.807) is 29.2 Å². The quantitative estimate of drug-likeness (QED) is 0.815. The molecule has 1 N–H and O–H groups in total. The maximum atomic E-state index is 10.4. The first-order chi connectivity index (χ1) is 9.19. The fourth-order valence-electron chi connectivity index (χ4n) is 1.51. The van der Waals surface area contributed by atoms with Crippen molar-refractivity contribution < 1.29 is 14.6 Å². The third kappa shape index (κ3) is 3.33. The van der Waals surface area contributed by atoms with Crippen molar-refractivity contribution in [2.24, 2.45) is 0 Å². The van der Waals surface area contributed by atoms with E-state index < -0.39 is 5.97 Å². The van der Waals surface area contributed by atoms with Gasteiger partial charge in [-0.05, 0) is 17.2 Å². The van der Waals surface area contributed by atoms with Gasteiger partial charge in [0.25, 0.3) is 0 Å². The van der Waals surface area contributed by atoms with Crippen LogP contribution in [0.15, 0.2) is 36.8 Å². The van der Waals surface area contributed by atoms with Gasteiger partial charge in [-0.15, -0.1) is 0 Å². The van der Waals surface area contributed by atoms with Crippen LogP contribution < -0.4 is 4.68 Å². The highest BCUT2D eigenvalue weighted by Gasteiger charge is 2.08. The third-order valence-electron chi connectivity index (χ3n) is 2.51. The Hall–Kier alpha value is -2.81. The number of hydrogen-bond donors (Lipinski definition) is 1. The highest BCUT2D eigenvalue weighted by molar-refractivity contribution is 5.66. The molecule has 0 aliphatic heterocycles. The molecule has 0 amide bonds. The van der Waals surface area contributed by atoms with Crippen molar-refractivity contribution in [3.8, 4) is 17.3 Å². The van der Waals surface area contributed by atoms with Gasteiger partial charge in [0.2, 0.25) is 0 Å². The third-order valence-corrected chi connectivity index (χ3v) is 2.51. The molecule has 0 saturated carbocycles. The molecule has 19 heavy (non-hydrogen) atoms. The first-order valence-electron chi connectivity index (χ1n) is 5.63. The number of aliphatic carboxylic acids is 1. The Morgan fingerprint density at radius 2 is 2.21 bits per heavy atom. The van der Waals surface area contributed by atoms with E-state index in [0.29, 0.717) is 12.1 Å². The number of nitriles is 1. The molecule has 0 fully saturated rings. The van der Waals surface area contributed by atoms with Crippen LogP contribution in [0.25, 0.3) is 11.3 Å². The summed E-state index contributed by atoms with van der Waals surface area (Å²) in [5.41, 5.74) is 2.04. The Balaban J connectivity index is 2.13. The maximum Gasteiger partial charge on any atom is 0.309 e. The second-order valence-corrected chi connectivity index (χ2v) is 3.87. The number of carbonyl (C=O) groups is 1. The van der Waals surface area contributed by atoms with Crippen molar-refractivity contribution in [3.63, 3.8) is 0 Å². The van der Waals surface area contributed by atoms with Gasteiger partial charge in [0.1, 0.15) is 18.7 Å². The van der Waals surface area contributed by atoms with E-state index >= 15 is 0 Å². The van der Waals surface area contributed by atoms with Crippen molar-refractivity contribution in [2.75, 3.05) is 0 Å². The number of nitrogens with zero attached hydrogens (tertiary/aromatic N) is 4. The molecule has 0 bridgehead atoms. The molecule has 6 nitrogen and oxygen atoms in total. The van der Waals surface area contributed by atoms with Gasteiger partial charge in [-0.25, -0.2) is 0 Å². The largest absolute Gasteiger partial charge is 0.481 e. The summed E-state index contributed by atoms with van der Waals surface area (Å²) in [6, 6.07) is 7.25. The molecule has 0 aliphatic rings. The fraction of sp³-hybridized carbons (Fsp3) is 0.154. The standard InChI is InChI=1S/C13H10N4O2/c14-7-10-1-2-12(15-8-10)11-3-5-17(16-9-11)6-4-13(18)19/h1-3,5,8-9H,4,6H2/p+1. The monoisotopic (exact) mass is 255 g/mol. The summed E-state index contributed by atoms with van der Waals surface area (Å²) in [4.78, 5) is 14.6. The molecule has 2 rings (SSSR count). The van der Waals surface area contributed by atoms with Crippen molar-refractivity contribution >= 4 is 5.97 Å². The smallest absolute Gasteiger partial charge is 0.309 e. The number of hydrogen-bond acceptors (Lipinski definition) is 4.